The first-order valence-electron chi connectivity index (χ1n) is 15.7. The fourth-order valence-electron chi connectivity index (χ4n) is 6.61. The fraction of sp³-hybridized carbons (Fsp3) is 0.500. The molecule has 2 N–H and O–H groups in total. The predicted molar refractivity (Wildman–Crippen MR) is 184 cm³/mol. The van der Waals surface area contributed by atoms with E-state index in [1.807, 2.05) is 0 Å². The number of hydrogen-bond donors (Lipinski definition) is 2. The van der Waals surface area contributed by atoms with Gasteiger partial charge < -0.3 is 10.2 Å². The molecule has 0 spiro atoms. The monoisotopic (exact) mass is 570 g/mol. The Morgan fingerprint density at radius 1 is 0.690 bits per heavy atom. The molecule has 0 aliphatic heterocycles. The second kappa shape index (κ2) is 16.2. The van der Waals surface area contributed by atoms with Crippen molar-refractivity contribution in [2.75, 3.05) is 0 Å². The Hall–Kier alpha value is -2.68. The van der Waals surface area contributed by atoms with Crippen molar-refractivity contribution >= 4 is 0 Å². The minimum absolute atomic E-state index is 0.00691. The van der Waals surface area contributed by atoms with Gasteiger partial charge in [-0.15, -0.1) is 0 Å². The molecule has 2 heteroatoms. The molecule has 2 nitrogen and oxygen atoms in total. The Balaban J connectivity index is 1.88. The van der Waals surface area contributed by atoms with Crippen LogP contribution in [-0.4, -0.2) is 22.4 Å². The quantitative estimate of drug-likeness (QED) is 0.256. The zero-order valence-electron chi connectivity index (χ0n) is 28.1. The summed E-state index contributed by atoms with van der Waals surface area (Å²) in [7, 11) is 0. The summed E-state index contributed by atoms with van der Waals surface area (Å²) >= 11 is 0. The van der Waals surface area contributed by atoms with Crippen LogP contribution in [0.4, 0.5) is 0 Å². The third-order valence-electron chi connectivity index (χ3n) is 8.74. The normalized spacial score (nSPS) is 28.5. The van der Waals surface area contributed by atoms with E-state index in [0.29, 0.717) is 11.8 Å². The van der Waals surface area contributed by atoms with Gasteiger partial charge in [-0.05, 0) is 88.5 Å². The second-order valence-electron chi connectivity index (χ2n) is 14.2. The van der Waals surface area contributed by atoms with E-state index in [1.54, 1.807) is 0 Å². The largest absolute Gasteiger partial charge is 0.393 e. The van der Waals surface area contributed by atoms with Crippen LogP contribution >= 0.6 is 0 Å². The minimum atomic E-state index is -0.225. The van der Waals surface area contributed by atoms with Crippen LogP contribution in [0.2, 0.25) is 0 Å². The van der Waals surface area contributed by atoms with Crippen molar-refractivity contribution in [1.82, 2.24) is 0 Å². The average Bonchev–Trinajstić information content (AvgIpc) is 2.84. The first-order valence-corrected chi connectivity index (χ1v) is 15.7. The maximum Gasteiger partial charge on any atom is 0.0585 e. The molecule has 4 atom stereocenters. The van der Waals surface area contributed by atoms with Crippen LogP contribution < -0.4 is 0 Å². The van der Waals surface area contributed by atoms with Gasteiger partial charge in [0.25, 0.3) is 0 Å². The molecule has 0 heterocycles. The first-order chi connectivity index (χ1) is 19.6. The topological polar surface area (TPSA) is 40.5 Å². The summed E-state index contributed by atoms with van der Waals surface area (Å²) in [5.74, 6) is 0.982. The Morgan fingerprint density at radius 2 is 1.19 bits per heavy atom. The maximum absolute atomic E-state index is 10.1. The number of hydrogen-bond acceptors (Lipinski definition) is 2. The van der Waals surface area contributed by atoms with Gasteiger partial charge in [-0.2, -0.15) is 0 Å². The van der Waals surface area contributed by atoms with E-state index in [4.69, 9.17) is 0 Å². The molecule has 2 aliphatic rings. The van der Waals surface area contributed by atoms with Gasteiger partial charge in [-0.3, -0.25) is 0 Å². The molecule has 230 valence electrons. The Labute approximate surface area is 258 Å². The summed E-state index contributed by atoms with van der Waals surface area (Å²) in [4.78, 5) is 0. The highest BCUT2D eigenvalue weighted by molar-refractivity contribution is 5.38. The van der Waals surface area contributed by atoms with Crippen LogP contribution in [-0.2, 0) is 0 Å². The van der Waals surface area contributed by atoms with E-state index in [2.05, 4.69) is 154 Å². The van der Waals surface area contributed by atoms with Crippen molar-refractivity contribution in [3.63, 3.8) is 0 Å². The standard InChI is InChI=1S/C40H58O2/c1-29(17-13-19-31(3)21-23-37-33(5)25-35(41)27-39(37,7)8)15-11-12-16-30(2)18-14-20-32(4)22-24-38-34(6)26-36(42)28-40(38,9)10/h11-24,33,35-37,41-42H,25-28H2,1-10H3. The molecular weight excluding hydrogens is 512 g/mol. The molecule has 0 amide bonds. The molecule has 2 rings (SSSR count). The molecule has 4 unspecified atom stereocenters. The molecule has 2 aliphatic carbocycles. The van der Waals surface area contributed by atoms with Crippen molar-refractivity contribution in [3.05, 3.63) is 119 Å². The summed E-state index contributed by atoms with van der Waals surface area (Å²) < 4.78 is 0. The van der Waals surface area contributed by atoms with E-state index in [1.165, 1.54) is 33.4 Å². The van der Waals surface area contributed by atoms with Crippen LogP contribution in [0.5, 0.6) is 0 Å². The fourth-order valence-corrected chi connectivity index (χ4v) is 6.61. The van der Waals surface area contributed by atoms with Crippen LogP contribution in [0.3, 0.4) is 0 Å². The van der Waals surface area contributed by atoms with E-state index < -0.39 is 0 Å². The zero-order chi connectivity index (χ0) is 31.5. The van der Waals surface area contributed by atoms with Gasteiger partial charge in [0.2, 0.25) is 0 Å². The highest BCUT2D eigenvalue weighted by atomic mass is 16.3. The third-order valence-corrected chi connectivity index (χ3v) is 8.74. The summed E-state index contributed by atoms with van der Waals surface area (Å²) in [6, 6.07) is 0. The van der Waals surface area contributed by atoms with Gasteiger partial charge >= 0.3 is 0 Å². The van der Waals surface area contributed by atoms with Crippen molar-refractivity contribution in [2.45, 2.75) is 107 Å². The molecule has 0 bridgehead atoms. The van der Waals surface area contributed by atoms with Crippen molar-refractivity contribution < 1.29 is 10.2 Å². The Morgan fingerprint density at radius 3 is 1.71 bits per heavy atom. The van der Waals surface area contributed by atoms with Gasteiger partial charge in [0, 0.05) is 0 Å². The van der Waals surface area contributed by atoms with Crippen molar-refractivity contribution in [1.29, 1.82) is 0 Å². The first kappa shape index (κ1) is 35.5. The van der Waals surface area contributed by atoms with E-state index in [9.17, 15) is 10.2 Å². The maximum atomic E-state index is 10.1. The van der Waals surface area contributed by atoms with Gasteiger partial charge in [-0.25, -0.2) is 0 Å². The number of rotatable bonds is 10. The van der Waals surface area contributed by atoms with Gasteiger partial charge in [0.15, 0.2) is 0 Å². The van der Waals surface area contributed by atoms with Gasteiger partial charge in [0.05, 0.1) is 12.2 Å². The lowest BCUT2D eigenvalue weighted by atomic mass is 9.63. The smallest absolute Gasteiger partial charge is 0.0585 e. The van der Waals surface area contributed by atoms with Crippen LogP contribution in [0.15, 0.2) is 119 Å². The van der Waals surface area contributed by atoms with E-state index in [0.717, 1.165) is 25.7 Å². The molecule has 0 aromatic carbocycles. The molecule has 1 fully saturated rings. The van der Waals surface area contributed by atoms with Crippen LogP contribution in [0.25, 0.3) is 0 Å². The molecule has 42 heavy (non-hydrogen) atoms. The minimum Gasteiger partial charge on any atom is -0.393 e. The van der Waals surface area contributed by atoms with Gasteiger partial charge in [-0.1, -0.05) is 148 Å². The molecule has 1 saturated carbocycles. The van der Waals surface area contributed by atoms with Crippen molar-refractivity contribution in [3.8, 4) is 0 Å². The van der Waals surface area contributed by atoms with Gasteiger partial charge in [0.1, 0.15) is 0 Å². The lowest BCUT2D eigenvalue weighted by Gasteiger charge is -2.43. The molecule has 0 saturated heterocycles. The highest BCUT2D eigenvalue weighted by Crippen LogP contribution is 2.45. The summed E-state index contributed by atoms with van der Waals surface area (Å²) in [5.41, 5.74) is 7.60. The highest BCUT2D eigenvalue weighted by Gasteiger charge is 2.39. The average molecular weight is 571 g/mol. The molecule has 0 aromatic heterocycles. The molecule has 0 aromatic rings. The second-order valence-corrected chi connectivity index (χ2v) is 14.2. The van der Waals surface area contributed by atoms with E-state index >= 15 is 0 Å². The molecular formula is C40H58O2. The predicted octanol–water partition coefficient (Wildman–Crippen LogP) is 10.5. The number of aliphatic hydroxyl groups excluding tert-OH is 2. The Kier molecular flexibility index (Phi) is 13.7. The number of aliphatic hydroxyl groups is 2. The SMILES string of the molecule is CC(C=CC=C(C)C=CC1=C(C)CC(O)CC1(C)C)=CC=CC=C(C)C=CC=C(C)C=CC1C(C)CC(O)CC1(C)C. The zero-order valence-corrected chi connectivity index (χ0v) is 28.1. The Bertz CT molecular complexity index is 1220. The van der Waals surface area contributed by atoms with Crippen LogP contribution in [0, 0.1) is 22.7 Å². The summed E-state index contributed by atoms with van der Waals surface area (Å²) in [6.45, 7) is 21.9. The summed E-state index contributed by atoms with van der Waals surface area (Å²) in [5, 5.41) is 20.2. The lowest BCUT2D eigenvalue weighted by Crippen LogP contribution is -2.38. The summed E-state index contributed by atoms with van der Waals surface area (Å²) in [6.07, 6.45) is 33.1. The van der Waals surface area contributed by atoms with Crippen molar-refractivity contribution in [2.24, 2.45) is 22.7 Å². The molecule has 0 radical (unpaired) electrons. The van der Waals surface area contributed by atoms with E-state index in [-0.39, 0.29) is 23.0 Å². The lowest BCUT2D eigenvalue weighted by molar-refractivity contribution is 0.00771. The third kappa shape index (κ3) is 11.9. The van der Waals surface area contributed by atoms with Crippen LogP contribution in [0.1, 0.15) is 94.9 Å². The number of allylic oxidation sites excluding steroid dienone is 19.